The third-order valence-corrected chi connectivity index (χ3v) is 2.82. The molecule has 0 spiro atoms. The van der Waals surface area contributed by atoms with E-state index in [0.717, 1.165) is 5.56 Å². The summed E-state index contributed by atoms with van der Waals surface area (Å²) in [6.07, 6.45) is 1.47. The maximum Gasteiger partial charge on any atom is 0.164 e. The third kappa shape index (κ3) is 3.08. The number of ether oxygens (including phenoxy) is 1. The van der Waals surface area contributed by atoms with E-state index in [-0.39, 0.29) is 18.5 Å². The van der Waals surface area contributed by atoms with E-state index >= 15 is 0 Å². The molecule has 0 aliphatic rings. The molecule has 5 nitrogen and oxygen atoms in total. The summed E-state index contributed by atoms with van der Waals surface area (Å²) >= 11 is 0. The van der Waals surface area contributed by atoms with Gasteiger partial charge in [-0.2, -0.15) is 5.10 Å². The van der Waals surface area contributed by atoms with E-state index in [1.807, 2.05) is 13.8 Å². The maximum absolute atomic E-state index is 13.3. The van der Waals surface area contributed by atoms with Gasteiger partial charge < -0.3 is 10.5 Å². The van der Waals surface area contributed by atoms with Gasteiger partial charge in [-0.05, 0) is 19.9 Å². The number of benzene rings is 1. The fourth-order valence-corrected chi connectivity index (χ4v) is 1.82. The van der Waals surface area contributed by atoms with Crippen molar-refractivity contribution in [3.8, 4) is 5.75 Å². The fourth-order valence-electron chi connectivity index (χ4n) is 1.82. The predicted molar refractivity (Wildman–Crippen MR) is 69.0 cm³/mol. The quantitative estimate of drug-likeness (QED) is 0.897. The molecule has 0 saturated carbocycles. The lowest BCUT2D eigenvalue weighted by molar-refractivity contribution is 0.282. The first-order valence-electron chi connectivity index (χ1n) is 6.16. The van der Waals surface area contributed by atoms with E-state index in [1.165, 1.54) is 18.5 Å². The van der Waals surface area contributed by atoms with Crippen molar-refractivity contribution in [3.63, 3.8) is 0 Å². The average molecular weight is 264 g/mol. The van der Waals surface area contributed by atoms with Crippen molar-refractivity contribution in [2.75, 3.05) is 0 Å². The van der Waals surface area contributed by atoms with E-state index < -0.39 is 0 Å². The molecule has 2 N–H and O–H groups in total. The molecule has 0 aliphatic carbocycles. The van der Waals surface area contributed by atoms with E-state index in [4.69, 9.17) is 10.5 Å². The van der Waals surface area contributed by atoms with Crippen LogP contribution in [0, 0.1) is 5.82 Å². The first-order valence-corrected chi connectivity index (χ1v) is 6.16. The van der Waals surface area contributed by atoms with Crippen LogP contribution in [0.4, 0.5) is 4.39 Å². The zero-order valence-corrected chi connectivity index (χ0v) is 11.0. The van der Waals surface area contributed by atoms with Gasteiger partial charge in [-0.1, -0.05) is 6.07 Å². The molecule has 1 aromatic carbocycles. The molecule has 0 saturated heterocycles. The summed E-state index contributed by atoms with van der Waals surface area (Å²) in [4.78, 5) is 4.10. The smallest absolute Gasteiger partial charge is 0.164 e. The first-order chi connectivity index (χ1) is 9.11. The van der Waals surface area contributed by atoms with Crippen molar-refractivity contribution in [2.24, 2.45) is 5.73 Å². The normalized spacial score (nSPS) is 12.4. The molecule has 102 valence electrons. The first kappa shape index (κ1) is 13.5. The number of hydrogen-bond donors (Lipinski definition) is 1. The fraction of sp³-hybridized carbons (Fsp3) is 0.385. The number of halogens is 1. The van der Waals surface area contributed by atoms with Crippen molar-refractivity contribution in [2.45, 2.75) is 33.0 Å². The van der Waals surface area contributed by atoms with Crippen molar-refractivity contribution < 1.29 is 9.13 Å². The second-order valence-electron chi connectivity index (χ2n) is 4.25. The summed E-state index contributed by atoms with van der Waals surface area (Å²) in [5.41, 5.74) is 6.60. The molecule has 0 radical (unpaired) electrons. The van der Waals surface area contributed by atoms with E-state index in [0.29, 0.717) is 18.1 Å². The van der Waals surface area contributed by atoms with Gasteiger partial charge in [0.05, 0.1) is 0 Å². The van der Waals surface area contributed by atoms with Crippen molar-refractivity contribution in [1.29, 1.82) is 0 Å². The summed E-state index contributed by atoms with van der Waals surface area (Å²) in [6.45, 7) is 4.74. The zero-order chi connectivity index (χ0) is 13.8. The van der Waals surface area contributed by atoms with Gasteiger partial charge in [0.25, 0.3) is 0 Å². The highest BCUT2D eigenvalue weighted by Gasteiger charge is 2.11. The van der Waals surface area contributed by atoms with Crippen LogP contribution >= 0.6 is 0 Å². The molecule has 1 heterocycles. The minimum Gasteiger partial charge on any atom is -0.485 e. The van der Waals surface area contributed by atoms with Gasteiger partial charge in [0.2, 0.25) is 0 Å². The SMILES string of the molecule is CCn1ncnc1COc1cc(F)ccc1C(C)N. The lowest BCUT2D eigenvalue weighted by Gasteiger charge is -2.14. The Morgan fingerprint density at radius 1 is 1.47 bits per heavy atom. The number of hydrogen-bond acceptors (Lipinski definition) is 4. The number of nitrogens with two attached hydrogens (primary N) is 1. The van der Waals surface area contributed by atoms with Crippen LogP contribution in [-0.4, -0.2) is 14.8 Å². The number of aromatic nitrogens is 3. The van der Waals surface area contributed by atoms with Crippen LogP contribution in [0.2, 0.25) is 0 Å². The summed E-state index contributed by atoms with van der Waals surface area (Å²) in [5, 5.41) is 4.05. The maximum atomic E-state index is 13.3. The van der Waals surface area contributed by atoms with Gasteiger partial charge in [0.15, 0.2) is 5.82 Å². The molecule has 2 rings (SSSR count). The summed E-state index contributed by atoms with van der Waals surface area (Å²) in [6, 6.07) is 4.13. The van der Waals surface area contributed by atoms with Gasteiger partial charge in [0.1, 0.15) is 24.5 Å². The molecule has 0 fully saturated rings. The highest BCUT2D eigenvalue weighted by Crippen LogP contribution is 2.25. The standard InChI is InChI=1S/C13H17FN4O/c1-3-18-13(16-8-17-18)7-19-12-6-10(14)4-5-11(12)9(2)15/h4-6,8-9H,3,7,15H2,1-2H3. The molecule has 1 aromatic heterocycles. The van der Waals surface area contributed by atoms with Gasteiger partial charge in [-0.15, -0.1) is 0 Å². The van der Waals surface area contributed by atoms with Crippen molar-refractivity contribution in [3.05, 3.63) is 41.7 Å². The Morgan fingerprint density at radius 2 is 2.26 bits per heavy atom. The molecule has 0 amide bonds. The molecule has 0 bridgehead atoms. The Morgan fingerprint density at radius 3 is 2.95 bits per heavy atom. The van der Waals surface area contributed by atoms with Crippen LogP contribution in [0.1, 0.15) is 31.3 Å². The largest absolute Gasteiger partial charge is 0.485 e. The minimum atomic E-state index is -0.351. The molecule has 19 heavy (non-hydrogen) atoms. The van der Waals surface area contributed by atoms with Crippen LogP contribution in [0.3, 0.4) is 0 Å². The van der Waals surface area contributed by atoms with E-state index in [9.17, 15) is 4.39 Å². The number of rotatable bonds is 5. The van der Waals surface area contributed by atoms with Crippen molar-refractivity contribution >= 4 is 0 Å². The van der Waals surface area contributed by atoms with Gasteiger partial charge in [-0.3, -0.25) is 0 Å². The molecular weight excluding hydrogens is 247 g/mol. The lowest BCUT2D eigenvalue weighted by atomic mass is 10.1. The Hall–Kier alpha value is -1.95. The summed E-state index contributed by atoms with van der Waals surface area (Å²) in [7, 11) is 0. The molecule has 1 unspecified atom stereocenters. The van der Waals surface area contributed by atoms with Crippen LogP contribution in [0.5, 0.6) is 5.75 Å². The molecular formula is C13H17FN4O. The Balaban J connectivity index is 2.17. The Kier molecular flexibility index (Phi) is 4.11. The number of aryl methyl sites for hydroxylation is 1. The highest BCUT2D eigenvalue weighted by atomic mass is 19.1. The van der Waals surface area contributed by atoms with Crippen molar-refractivity contribution in [1.82, 2.24) is 14.8 Å². The summed E-state index contributed by atoms with van der Waals surface area (Å²) < 4.78 is 20.6. The second kappa shape index (κ2) is 5.79. The van der Waals surface area contributed by atoms with E-state index in [2.05, 4.69) is 10.1 Å². The topological polar surface area (TPSA) is 66.0 Å². The highest BCUT2D eigenvalue weighted by molar-refractivity contribution is 5.36. The third-order valence-electron chi connectivity index (χ3n) is 2.82. The Labute approximate surface area is 111 Å². The van der Waals surface area contributed by atoms with Crippen LogP contribution in [0.25, 0.3) is 0 Å². The molecule has 2 aromatic rings. The zero-order valence-electron chi connectivity index (χ0n) is 11.0. The minimum absolute atomic E-state index is 0.223. The lowest BCUT2D eigenvalue weighted by Crippen LogP contribution is -2.11. The van der Waals surface area contributed by atoms with Crippen LogP contribution in [0.15, 0.2) is 24.5 Å². The van der Waals surface area contributed by atoms with Gasteiger partial charge in [-0.25, -0.2) is 14.1 Å². The summed E-state index contributed by atoms with van der Waals surface area (Å²) in [5.74, 6) is 0.791. The predicted octanol–water partition coefficient (Wildman–Crippen LogP) is 2.04. The van der Waals surface area contributed by atoms with Gasteiger partial charge in [0, 0.05) is 24.2 Å². The molecule has 1 atom stereocenters. The second-order valence-corrected chi connectivity index (χ2v) is 4.25. The molecule has 6 heteroatoms. The van der Waals surface area contributed by atoms with E-state index in [1.54, 1.807) is 10.7 Å². The monoisotopic (exact) mass is 264 g/mol. The average Bonchev–Trinajstić information content (AvgIpc) is 2.83. The van der Waals surface area contributed by atoms with Crippen LogP contribution < -0.4 is 10.5 Å². The molecule has 0 aliphatic heterocycles. The van der Waals surface area contributed by atoms with Crippen LogP contribution in [-0.2, 0) is 13.2 Å². The van der Waals surface area contributed by atoms with Gasteiger partial charge >= 0.3 is 0 Å². The number of nitrogens with zero attached hydrogens (tertiary/aromatic N) is 3. The Bertz CT molecular complexity index is 553.